The summed E-state index contributed by atoms with van der Waals surface area (Å²) in [6, 6.07) is 16.6. The lowest BCUT2D eigenvalue weighted by molar-refractivity contribution is -0.114. The standard InChI is InChI=1S/C29H26ClN3O3S/c1-16-14-20(18(3)32(16)22-12-10-21(30)11-13-22)15-25-28(35)33-27(23-8-6-7-9-24(23)36-5)26(19(4)34)17(2)31-29(33)37-25/h6-15,27H,1-5H3/b25-15-/t27-/m1/s1. The number of aryl methyl sites for hydroxylation is 1. The monoisotopic (exact) mass is 531 g/mol. The van der Waals surface area contributed by atoms with Crippen LogP contribution in [0.3, 0.4) is 0 Å². The first-order valence-electron chi connectivity index (χ1n) is 11.8. The van der Waals surface area contributed by atoms with Gasteiger partial charge in [-0.25, -0.2) is 4.99 Å². The molecule has 0 spiro atoms. The highest BCUT2D eigenvalue weighted by atomic mass is 35.5. The van der Waals surface area contributed by atoms with Crippen molar-refractivity contribution in [2.24, 2.45) is 4.99 Å². The van der Waals surface area contributed by atoms with Gasteiger partial charge in [-0.1, -0.05) is 41.1 Å². The largest absolute Gasteiger partial charge is 0.496 e. The molecule has 0 fully saturated rings. The van der Waals surface area contributed by atoms with Crippen LogP contribution in [0, 0.1) is 13.8 Å². The second-order valence-corrected chi connectivity index (χ2v) is 10.5. The van der Waals surface area contributed by atoms with Crippen molar-refractivity contribution >= 4 is 34.8 Å². The third-order valence-electron chi connectivity index (χ3n) is 6.68. The van der Waals surface area contributed by atoms with Gasteiger partial charge in [-0.15, -0.1) is 0 Å². The second-order valence-electron chi connectivity index (χ2n) is 9.02. The van der Waals surface area contributed by atoms with Crippen molar-refractivity contribution in [1.29, 1.82) is 0 Å². The zero-order valence-electron chi connectivity index (χ0n) is 21.2. The number of Topliss-reactive ketones (excluding diaryl/α,β-unsaturated/α-hetero) is 1. The molecule has 188 valence electrons. The summed E-state index contributed by atoms with van der Waals surface area (Å²) in [5, 5.41) is 0.678. The maximum absolute atomic E-state index is 13.9. The molecule has 3 heterocycles. The number of para-hydroxylation sites is 1. The Labute approximate surface area is 223 Å². The van der Waals surface area contributed by atoms with Gasteiger partial charge in [-0.05, 0) is 75.7 Å². The van der Waals surface area contributed by atoms with Gasteiger partial charge in [0.25, 0.3) is 5.56 Å². The molecule has 8 heteroatoms. The Balaban J connectivity index is 1.72. The van der Waals surface area contributed by atoms with Crippen LogP contribution >= 0.6 is 22.9 Å². The van der Waals surface area contributed by atoms with Crippen LogP contribution in [0.4, 0.5) is 0 Å². The van der Waals surface area contributed by atoms with E-state index in [4.69, 9.17) is 16.3 Å². The Kier molecular flexibility index (Phi) is 6.52. The summed E-state index contributed by atoms with van der Waals surface area (Å²) in [6.45, 7) is 7.39. The Morgan fingerprint density at radius 3 is 2.49 bits per heavy atom. The Morgan fingerprint density at radius 1 is 1.11 bits per heavy atom. The van der Waals surface area contributed by atoms with Gasteiger partial charge in [0, 0.05) is 38.9 Å². The van der Waals surface area contributed by atoms with Crippen LogP contribution in [-0.2, 0) is 4.79 Å². The van der Waals surface area contributed by atoms with Crippen LogP contribution in [0.5, 0.6) is 5.75 Å². The van der Waals surface area contributed by atoms with Crippen molar-refractivity contribution in [3.8, 4) is 11.4 Å². The summed E-state index contributed by atoms with van der Waals surface area (Å²) in [5.41, 5.74) is 5.64. The molecule has 37 heavy (non-hydrogen) atoms. The van der Waals surface area contributed by atoms with Crippen LogP contribution in [0.1, 0.15) is 42.4 Å². The molecule has 0 unspecified atom stereocenters. The van der Waals surface area contributed by atoms with E-state index in [0.29, 0.717) is 31.4 Å². The Morgan fingerprint density at radius 2 is 1.81 bits per heavy atom. The highest BCUT2D eigenvalue weighted by molar-refractivity contribution is 7.07. The SMILES string of the molecule is COc1ccccc1[C@@H]1C(C(C)=O)=C(C)N=c2s/c(=C\c3cc(C)n(-c4ccc(Cl)cc4)c3C)c(=O)n21. The van der Waals surface area contributed by atoms with Crippen molar-refractivity contribution in [3.63, 3.8) is 0 Å². The van der Waals surface area contributed by atoms with Gasteiger partial charge in [0.05, 0.1) is 17.7 Å². The molecule has 1 aliphatic heterocycles. The van der Waals surface area contributed by atoms with Crippen molar-refractivity contribution in [2.45, 2.75) is 33.7 Å². The number of fused-ring (bicyclic) bond motifs is 1. The predicted molar refractivity (Wildman–Crippen MR) is 148 cm³/mol. The van der Waals surface area contributed by atoms with Crippen molar-refractivity contribution in [2.75, 3.05) is 7.11 Å². The molecule has 2 aromatic carbocycles. The lowest BCUT2D eigenvalue weighted by Gasteiger charge is -2.25. The number of carbonyl (C=O) groups is 1. The molecule has 0 amide bonds. The van der Waals surface area contributed by atoms with Gasteiger partial charge in [0.1, 0.15) is 5.75 Å². The molecule has 0 saturated heterocycles. The van der Waals surface area contributed by atoms with Crippen molar-refractivity contribution in [1.82, 2.24) is 9.13 Å². The van der Waals surface area contributed by atoms with Crippen LogP contribution in [0.15, 0.2) is 75.7 Å². The summed E-state index contributed by atoms with van der Waals surface area (Å²) < 4.78 is 9.91. The van der Waals surface area contributed by atoms with Crippen molar-refractivity contribution in [3.05, 3.63) is 113 Å². The number of aromatic nitrogens is 2. The molecule has 2 aromatic heterocycles. The van der Waals surface area contributed by atoms with E-state index in [1.54, 1.807) is 11.7 Å². The number of halogens is 1. The number of nitrogens with zero attached hydrogens (tertiary/aromatic N) is 3. The number of hydrogen-bond donors (Lipinski definition) is 0. The number of carbonyl (C=O) groups excluding carboxylic acids is 1. The summed E-state index contributed by atoms with van der Waals surface area (Å²) in [6.07, 6.45) is 1.91. The average molecular weight is 532 g/mol. The summed E-state index contributed by atoms with van der Waals surface area (Å²) in [4.78, 5) is 31.9. The molecule has 4 aromatic rings. The van der Waals surface area contributed by atoms with Gasteiger partial charge in [-0.2, -0.15) is 0 Å². The van der Waals surface area contributed by atoms with E-state index >= 15 is 0 Å². The summed E-state index contributed by atoms with van der Waals surface area (Å²) >= 11 is 7.40. The highest BCUT2D eigenvalue weighted by Gasteiger charge is 2.32. The quantitative estimate of drug-likeness (QED) is 0.368. The van der Waals surface area contributed by atoms with Gasteiger partial charge in [-0.3, -0.25) is 14.2 Å². The van der Waals surface area contributed by atoms with Crippen molar-refractivity contribution < 1.29 is 9.53 Å². The van der Waals surface area contributed by atoms with E-state index < -0.39 is 6.04 Å². The third-order valence-corrected chi connectivity index (χ3v) is 7.91. The van der Waals surface area contributed by atoms with E-state index in [1.165, 1.54) is 18.3 Å². The van der Waals surface area contributed by atoms with Gasteiger partial charge < -0.3 is 9.30 Å². The Bertz CT molecular complexity index is 1760. The normalized spacial score (nSPS) is 15.5. The highest BCUT2D eigenvalue weighted by Crippen LogP contribution is 2.35. The minimum absolute atomic E-state index is 0.127. The minimum Gasteiger partial charge on any atom is -0.496 e. The lowest BCUT2D eigenvalue weighted by atomic mass is 9.93. The fourth-order valence-electron chi connectivity index (χ4n) is 5.02. The number of allylic oxidation sites excluding steroid dienone is 2. The molecule has 1 atom stereocenters. The Hall–Kier alpha value is -3.68. The smallest absolute Gasteiger partial charge is 0.271 e. The lowest BCUT2D eigenvalue weighted by Crippen LogP contribution is -2.39. The molecule has 1 aliphatic rings. The van der Waals surface area contributed by atoms with E-state index in [-0.39, 0.29) is 11.3 Å². The van der Waals surface area contributed by atoms with Crippen LogP contribution in [0.2, 0.25) is 5.02 Å². The number of methoxy groups -OCH3 is 1. The molecule has 0 N–H and O–H groups in total. The summed E-state index contributed by atoms with van der Waals surface area (Å²) in [5.74, 6) is 0.486. The molecular weight excluding hydrogens is 506 g/mol. The average Bonchev–Trinajstić information content (AvgIpc) is 3.33. The maximum Gasteiger partial charge on any atom is 0.271 e. The van der Waals surface area contributed by atoms with E-state index in [0.717, 1.165) is 28.2 Å². The first-order chi connectivity index (χ1) is 17.7. The number of thiazole rings is 1. The van der Waals surface area contributed by atoms with Gasteiger partial charge >= 0.3 is 0 Å². The number of rotatable bonds is 5. The molecule has 0 radical (unpaired) electrons. The summed E-state index contributed by atoms with van der Waals surface area (Å²) in [7, 11) is 1.59. The van der Waals surface area contributed by atoms with E-state index in [9.17, 15) is 9.59 Å². The first-order valence-corrected chi connectivity index (χ1v) is 13.0. The molecule has 5 rings (SSSR count). The third kappa shape index (κ3) is 4.28. The number of ether oxygens (including phenoxy) is 1. The number of hydrogen-bond acceptors (Lipinski definition) is 5. The molecule has 6 nitrogen and oxygen atoms in total. The van der Waals surface area contributed by atoms with E-state index in [2.05, 4.69) is 15.6 Å². The zero-order chi connectivity index (χ0) is 26.4. The number of ketones is 1. The van der Waals surface area contributed by atoms with Crippen LogP contribution in [0.25, 0.3) is 11.8 Å². The zero-order valence-corrected chi connectivity index (χ0v) is 22.8. The van der Waals surface area contributed by atoms with E-state index in [1.807, 2.05) is 75.4 Å². The first kappa shape index (κ1) is 25.0. The fraction of sp³-hybridized carbons (Fsp3) is 0.207. The van der Waals surface area contributed by atoms with Gasteiger partial charge in [0.2, 0.25) is 0 Å². The molecule has 0 bridgehead atoms. The minimum atomic E-state index is -0.617. The number of benzene rings is 2. The molecule has 0 saturated carbocycles. The molecular formula is C29H26ClN3O3S. The topological polar surface area (TPSA) is 65.6 Å². The predicted octanol–water partition coefficient (Wildman–Crippen LogP) is 4.89. The van der Waals surface area contributed by atoms with Gasteiger partial charge in [0.15, 0.2) is 10.6 Å². The van der Waals surface area contributed by atoms with Crippen LogP contribution < -0.4 is 19.6 Å². The van der Waals surface area contributed by atoms with Crippen LogP contribution in [-0.4, -0.2) is 22.0 Å². The second kappa shape index (κ2) is 9.65. The maximum atomic E-state index is 13.9. The fourth-order valence-corrected chi connectivity index (χ4v) is 6.18. The molecule has 0 aliphatic carbocycles.